The van der Waals surface area contributed by atoms with E-state index in [4.69, 9.17) is 0 Å². The molecule has 2 aliphatic rings. The van der Waals surface area contributed by atoms with Gasteiger partial charge in [-0.25, -0.2) is 9.98 Å². The lowest BCUT2D eigenvalue weighted by atomic mass is 9.92. The van der Waals surface area contributed by atoms with Crippen molar-refractivity contribution in [1.29, 1.82) is 0 Å². The highest BCUT2D eigenvalue weighted by molar-refractivity contribution is 6.16. The van der Waals surface area contributed by atoms with Gasteiger partial charge in [-0.05, 0) is 12.8 Å². The van der Waals surface area contributed by atoms with E-state index >= 15 is 0 Å². The Kier molecular flexibility index (Phi) is 5.77. The topological polar surface area (TPSA) is 28.0 Å². The fourth-order valence-corrected chi connectivity index (χ4v) is 4.22. The molecule has 1 aliphatic carbocycles. The van der Waals surface area contributed by atoms with E-state index in [1.165, 1.54) is 29.2 Å². The summed E-state index contributed by atoms with van der Waals surface area (Å²) in [5, 5.41) is 0. The van der Waals surface area contributed by atoms with Crippen LogP contribution < -0.4 is 0 Å². The monoisotopic (exact) mass is 453 g/mol. The minimum Gasteiger partial charge on any atom is -0.307 e. The number of nitrogens with zero attached hydrogens (tertiary/aromatic N) is 3. The summed E-state index contributed by atoms with van der Waals surface area (Å²) < 4.78 is 84.5. The highest BCUT2D eigenvalue weighted by Crippen LogP contribution is 2.49. The lowest BCUT2D eigenvalue weighted by Gasteiger charge is -2.43. The van der Waals surface area contributed by atoms with Gasteiger partial charge in [0.15, 0.2) is 0 Å². The zero-order valence-corrected chi connectivity index (χ0v) is 17.0. The van der Waals surface area contributed by atoms with Crippen molar-refractivity contribution in [2.45, 2.75) is 56.2 Å². The molecule has 2 aromatic rings. The van der Waals surface area contributed by atoms with Crippen molar-refractivity contribution in [3.8, 4) is 0 Å². The van der Waals surface area contributed by atoms with Crippen molar-refractivity contribution >= 4 is 11.7 Å². The quantitative estimate of drug-likeness (QED) is 0.498. The minimum atomic E-state index is -5.77. The van der Waals surface area contributed by atoms with Gasteiger partial charge in [0, 0.05) is 17.2 Å². The lowest BCUT2D eigenvalue weighted by Crippen LogP contribution is -2.61. The molecule has 1 aliphatic heterocycles. The molecule has 1 fully saturated rings. The minimum absolute atomic E-state index is 0.180. The zero-order valence-electron chi connectivity index (χ0n) is 17.0. The van der Waals surface area contributed by atoms with E-state index in [0.29, 0.717) is 12.8 Å². The SMILES string of the molecule is FC(F)(F)C1(C(F)(F)F)N=C(c2ccccc2)N(C2CCCCC2)C(c2ccccc2)=N1. The Morgan fingerprint density at radius 3 is 1.44 bits per heavy atom. The molecule has 0 amide bonds. The summed E-state index contributed by atoms with van der Waals surface area (Å²) in [6, 6.07) is 15.1. The summed E-state index contributed by atoms with van der Waals surface area (Å²) in [7, 11) is 0. The molecule has 170 valence electrons. The first-order valence-corrected chi connectivity index (χ1v) is 10.4. The average molecular weight is 453 g/mol. The predicted octanol–water partition coefficient (Wildman–Crippen LogP) is 6.35. The van der Waals surface area contributed by atoms with E-state index in [1.807, 2.05) is 0 Å². The summed E-state index contributed by atoms with van der Waals surface area (Å²) in [4.78, 5) is 8.21. The number of rotatable bonds is 3. The van der Waals surface area contributed by atoms with Crippen LogP contribution >= 0.6 is 0 Å². The second-order valence-corrected chi connectivity index (χ2v) is 7.93. The molecule has 0 saturated heterocycles. The fraction of sp³-hybridized carbons (Fsp3) is 0.391. The van der Waals surface area contributed by atoms with Crippen LogP contribution in [0.3, 0.4) is 0 Å². The van der Waals surface area contributed by atoms with Gasteiger partial charge >= 0.3 is 18.0 Å². The summed E-state index contributed by atoms with van der Waals surface area (Å²) in [6.07, 6.45) is -7.67. The molecule has 4 rings (SSSR count). The number of amidine groups is 2. The van der Waals surface area contributed by atoms with Crippen LogP contribution in [-0.2, 0) is 0 Å². The van der Waals surface area contributed by atoms with Crippen molar-refractivity contribution in [3.05, 3.63) is 71.8 Å². The van der Waals surface area contributed by atoms with Gasteiger partial charge in [0.05, 0.1) is 0 Å². The summed E-state index contributed by atoms with van der Waals surface area (Å²) in [6.45, 7) is 0. The second-order valence-electron chi connectivity index (χ2n) is 7.93. The van der Waals surface area contributed by atoms with Gasteiger partial charge in [-0.15, -0.1) is 0 Å². The van der Waals surface area contributed by atoms with Crippen LogP contribution in [0.25, 0.3) is 0 Å². The Hall–Kier alpha value is -2.84. The molecular weight excluding hydrogens is 432 g/mol. The first-order valence-electron chi connectivity index (χ1n) is 10.4. The third kappa shape index (κ3) is 3.89. The molecule has 0 radical (unpaired) electrons. The molecule has 0 N–H and O–H groups in total. The van der Waals surface area contributed by atoms with E-state index < -0.39 is 18.0 Å². The Labute approximate surface area is 181 Å². The molecule has 32 heavy (non-hydrogen) atoms. The van der Waals surface area contributed by atoms with E-state index in [2.05, 4.69) is 9.98 Å². The van der Waals surface area contributed by atoms with Gasteiger partial charge in [0.1, 0.15) is 11.7 Å². The third-order valence-electron chi connectivity index (χ3n) is 5.79. The zero-order chi connectivity index (χ0) is 23.0. The Balaban J connectivity index is 2.02. The lowest BCUT2D eigenvalue weighted by molar-refractivity contribution is -0.293. The second kappa shape index (κ2) is 8.26. The van der Waals surface area contributed by atoms with Gasteiger partial charge in [0.2, 0.25) is 0 Å². The highest BCUT2D eigenvalue weighted by atomic mass is 19.4. The van der Waals surface area contributed by atoms with Crippen molar-refractivity contribution < 1.29 is 26.3 Å². The van der Waals surface area contributed by atoms with Gasteiger partial charge < -0.3 is 4.90 Å². The van der Waals surface area contributed by atoms with Crippen molar-refractivity contribution in [1.82, 2.24) is 4.90 Å². The van der Waals surface area contributed by atoms with Crippen LogP contribution in [0.2, 0.25) is 0 Å². The average Bonchev–Trinajstić information content (AvgIpc) is 2.78. The van der Waals surface area contributed by atoms with E-state index in [0.717, 1.165) is 19.3 Å². The first-order chi connectivity index (χ1) is 15.1. The summed E-state index contributed by atoms with van der Waals surface area (Å²) in [5.74, 6) is -0.720. The highest BCUT2D eigenvalue weighted by Gasteiger charge is 2.74. The van der Waals surface area contributed by atoms with Crippen LogP contribution in [0.1, 0.15) is 43.2 Å². The maximum Gasteiger partial charge on any atom is 0.443 e. The Morgan fingerprint density at radius 2 is 1.06 bits per heavy atom. The molecule has 2 aromatic carbocycles. The van der Waals surface area contributed by atoms with Crippen LogP contribution in [-0.4, -0.2) is 40.6 Å². The van der Waals surface area contributed by atoms with Crippen molar-refractivity contribution in [2.24, 2.45) is 9.98 Å². The molecule has 3 nitrogen and oxygen atoms in total. The van der Waals surface area contributed by atoms with Gasteiger partial charge in [-0.1, -0.05) is 79.9 Å². The molecule has 0 aromatic heterocycles. The molecule has 0 atom stereocenters. The van der Waals surface area contributed by atoms with Gasteiger partial charge in [0.25, 0.3) is 0 Å². The predicted molar refractivity (Wildman–Crippen MR) is 110 cm³/mol. The number of aliphatic imine (C=N–C) groups is 2. The molecule has 1 heterocycles. The summed E-state index contributed by atoms with van der Waals surface area (Å²) >= 11 is 0. The molecule has 0 spiro atoms. The van der Waals surface area contributed by atoms with Crippen molar-refractivity contribution in [3.63, 3.8) is 0 Å². The van der Waals surface area contributed by atoms with Gasteiger partial charge in [-0.3, -0.25) is 0 Å². The normalized spacial score (nSPS) is 20.0. The van der Waals surface area contributed by atoms with Gasteiger partial charge in [-0.2, -0.15) is 26.3 Å². The maximum absolute atomic E-state index is 14.1. The van der Waals surface area contributed by atoms with Crippen LogP contribution in [0.5, 0.6) is 0 Å². The summed E-state index contributed by atoms with van der Waals surface area (Å²) in [5.41, 5.74) is -4.22. The van der Waals surface area contributed by atoms with E-state index in [1.54, 1.807) is 36.4 Å². The molecule has 9 heteroatoms. The smallest absolute Gasteiger partial charge is 0.307 e. The Bertz CT molecular complexity index is 916. The maximum atomic E-state index is 14.1. The van der Waals surface area contributed by atoms with E-state index in [-0.39, 0.29) is 28.8 Å². The molecular formula is C23H21F6N3. The number of halogens is 6. The van der Waals surface area contributed by atoms with Crippen LogP contribution in [0.4, 0.5) is 26.3 Å². The number of hydrogen-bond acceptors (Lipinski definition) is 3. The van der Waals surface area contributed by atoms with Crippen LogP contribution in [0.15, 0.2) is 70.6 Å². The number of alkyl halides is 6. The standard InChI is InChI=1S/C23H21F6N3/c24-22(25,26)21(23(27,28)29)30-19(16-10-4-1-5-11-16)32(18-14-8-3-9-15-18)20(31-21)17-12-6-2-7-13-17/h1-2,4-7,10-13,18H,3,8-9,14-15H2. The molecule has 0 bridgehead atoms. The van der Waals surface area contributed by atoms with Crippen LogP contribution in [0, 0.1) is 0 Å². The number of hydrogen-bond donors (Lipinski definition) is 0. The molecule has 1 saturated carbocycles. The number of benzene rings is 2. The van der Waals surface area contributed by atoms with Crippen molar-refractivity contribution in [2.75, 3.05) is 0 Å². The third-order valence-corrected chi connectivity index (χ3v) is 5.79. The first kappa shape index (κ1) is 22.4. The Morgan fingerprint density at radius 1 is 0.656 bits per heavy atom. The van der Waals surface area contributed by atoms with E-state index in [9.17, 15) is 26.3 Å². The fourth-order valence-electron chi connectivity index (χ4n) is 4.22. The largest absolute Gasteiger partial charge is 0.443 e. The molecule has 0 unspecified atom stereocenters.